The maximum absolute atomic E-state index is 5.59. The molecule has 1 aromatic rings. The molecule has 0 saturated heterocycles. The Morgan fingerprint density at radius 2 is 2.07 bits per heavy atom. The van der Waals surface area contributed by atoms with E-state index in [0.717, 1.165) is 17.1 Å². The van der Waals surface area contributed by atoms with Gasteiger partial charge in [0.25, 0.3) is 0 Å². The molecule has 0 aliphatic rings. The molecule has 0 aliphatic carbocycles. The first-order valence-corrected chi connectivity index (χ1v) is 4.84. The standard InChI is InChI=1S/C11H19NO2/c1-8-9(6-12)5-10(14-8)7-13-11(2,3)4/h5H,6-7,12H2,1-4H3. The SMILES string of the molecule is Cc1oc(COC(C)(C)C)cc1CN. The lowest BCUT2D eigenvalue weighted by molar-refractivity contribution is -0.0226. The van der Waals surface area contributed by atoms with Crippen molar-refractivity contribution in [1.82, 2.24) is 0 Å². The van der Waals surface area contributed by atoms with Gasteiger partial charge in [0, 0.05) is 12.1 Å². The van der Waals surface area contributed by atoms with Crippen LogP contribution >= 0.6 is 0 Å². The summed E-state index contributed by atoms with van der Waals surface area (Å²) in [7, 11) is 0. The minimum atomic E-state index is -0.135. The van der Waals surface area contributed by atoms with Gasteiger partial charge in [-0.2, -0.15) is 0 Å². The second-order valence-electron chi connectivity index (χ2n) is 4.40. The van der Waals surface area contributed by atoms with Crippen LogP contribution in [-0.2, 0) is 17.9 Å². The van der Waals surface area contributed by atoms with E-state index in [1.165, 1.54) is 0 Å². The van der Waals surface area contributed by atoms with Crippen molar-refractivity contribution in [2.75, 3.05) is 0 Å². The van der Waals surface area contributed by atoms with E-state index in [0.29, 0.717) is 13.2 Å². The zero-order valence-electron chi connectivity index (χ0n) is 9.39. The van der Waals surface area contributed by atoms with Gasteiger partial charge in [-0.3, -0.25) is 0 Å². The molecule has 0 saturated carbocycles. The number of furan rings is 1. The van der Waals surface area contributed by atoms with Crippen molar-refractivity contribution in [1.29, 1.82) is 0 Å². The maximum Gasteiger partial charge on any atom is 0.130 e. The smallest absolute Gasteiger partial charge is 0.130 e. The van der Waals surface area contributed by atoms with Crippen molar-refractivity contribution < 1.29 is 9.15 Å². The fourth-order valence-electron chi connectivity index (χ4n) is 1.15. The third kappa shape index (κ3) is 3.16. The summed E-state index contributed by atoms with van der Waals surface area (Å²) in [5.41, 5.74) is 6.46. The molecular formula is C11H19NO2. The lowest BCUT2D eigenvalue weighted by Gasteiger charge is -2.18. The van der Waals surface area contributed by atoms with E-state index in [2.05, 4.69) is 0 Å². The summed E-state index contributed by atoms with van der Waals surface area (Å²) in [5, 5.41) is 0. The Hall–Kier alpha value is -0.800. The summed E-state index contributed by atoms with van der Waals surface area (Å²) >= 11 is 0. The van der Waals surface area contributed by atoms with Gasteiger partial charge in [-0.15, -0.1) is 0 Å². The van der Waals surface area contributed by atoms with Gasteiger partial charge >= 0.3 is 0 Å². The average Bonchev–Trinajstić information content (AvgIpc) is 2.42. The monoisotopic (exact) mass is 197 g/mol. The Kier molecular flexibility index (Phi) is 3.34. The molecule has 2 N–H and O–H groups in total. The minimum Gasteiger partial charge on any atom is -0.464 e. The second kappa shape index (κ2) is 4.15. The van der Waals surface area contributed by atoms with Gasteiger partial charge in [0.2, 0.25) is 0 Å². The summed E-state index contributed by atoms with van der Waals surface area (Å²) in [6, 6.07) is 1.96. The molecular weight excluding hydrogens is 178 g/mol. The van der Waals surface area contributed by atoms with Crippen molar-refractivity contribution in [2.24, 2.45) is 5.73 Å². The largest absolute Gasteiger partial charge is 0.464 e. The van der Waals surface area contributed by atoms with Crippen LogP contribution in [0.5, 0.6) is 0 Å². The van der Waals surface area contributed by atoms with Crippen LogP contribution in [0.25, 0.3) is 0 Å². The molecule has 0 aromatic carbocycles. The molecule has 3 nitrogen and oxygen atoms in total. The third-order valence-electron chi connectivity index (χ3n) is 1.94. The number of aryl methyl sites for hydroxylation is 1. The molecule has 0 bridgehead atoms. The Bertz CT molecular complexity index is 297. The minimum absolute atomic E-state index is 0.135. The first-order valence-electron chi connectivity index (χ1n) is 4.84. The van der Waals surface area contributed by atoms with E-state index in [-0.39, 0.29) is 5.60 Å². The van der Waals surface area contributed by atoms with Gasteiger partial charge in [-0.05, 0) is 33.8 Å². The van der Waals surface area contributed by atoms with Crippen LogP contribution in [0.4, 0.5) is 0 Å². The molecule has 1 heterocycles. The van der Waals surface area contributed by atoms with E-state index in [1.54, 1.807) is 0 Å². The van der Waals surface area contributed by atoms with E-state index >= 15 is 0 Å². The molecule has 80 valence electrons. The van der Waals surface area contributed by atoms with Crippen LogP contribution in [0.15, 0.2) is 10.5 Å². The number of nitrogens with two attached hydrogens (primary N) is 1. The molecule has 0 fully saturated rings. The molecule has 1 rings (SSSR count). The molecule has 0 unspecified atom stereocenters. The van der Waals surface area contributed by atoms with Crippen LogP contribution in [0.2, 0.25) is 0 Å². The predicted octanol–water partition coefficient (Wildman–Crippen LogP) is 2.36. The van der Waals surface area contributed by atoms with Crippen molar-refractivity contribution in [2.45, 2.75) is 46.4 Å². The molecule has 1 aromatic heterocycles. The van der Waals surface area contributed by atoms with Crippen molar-refractivity contribution in [3.8, 4) is 0 Å². The summed E-state index contributed by atoms with van der Waals surface area (Å²) < 4.78 is 11.1. The number of ether oxygens (including phenoxy) is 1. The number of hydrogen-bond acceptors (Lipinski definition) is 3. The predicted molar refractivity (Wildman–Crippen MR) is 55.9 cm³/mol. The van der Waals surface area contributed by atoms with Gasteiger partial charge in [0.1, 0.15) is 18.1 Å². The van der Waals surface area contributed by atoms with Gasteiger partial charge in [0.05, 0.1) is 5.60 Å². The molecule has 0 spiro atoms. The number of rotatable bonds is 3. The normalized spacial score (nSPS) is 12.1. The highest BCUT2D eigenvalue weighted by molar-refractivity contribution is 5.19. The van der Waals surface area contributed by atoms with Gasteiger partial charge in [-0.1, -0.05) is 0 Å². The van der Waals surface area contributed by atoms with E-state index < -0.39 is 0 Å². The van der Waals surface area contributed by atoms with Gasteiger partial charge < -0.3 is 14.9 Å². The van der Waals surface area contributed by atoms with E-state index in [9.17, 15) is 0 Å². The topological polar surface area (TPSA) is 48.4 Å². The zero-order chi connectivity index (χ0) is 10.8. The van der Waals surface area contributed by atoms with E-state index in [4.69, 9.17) is 14.9 Å². The molecule has 0 atom stereocenters. The highest BCUT2D eigenvalue weighted by atomic mass is 16.5. The molecule has 0 amide bonds. The summed E-state index contributed by atoms with van der Waals surface area (Å²) in [4.78, 5) is 0. The van der Waals surface area contributed by atoms with Crippen LogP contribution in [0.1, 0.15) is 37.9 Å². The molecule has 0 radical (unpaired) electrons. The van der Waals surface area contributed by atoms with Crippen molar-refractivity contribution >= 4 is 0 Å². The van der Waals surface area contributed by atoms with Crippen LogP contribution in [0.3, 0.4) is 0 Å². The second-order valence-corrected chi connectivity index (χ2v) is 4.40. The lowest BCUT2D eigenvalue weighted by atomic mass is 10.2. The Labute approximate surface area is 85.2 Å². The van der Waals surface area contributed by atoms with Gasteiger partial charge in [0.15, 0.2) is 0 Å². The first-order chi connectivity index (χ1) is 6.42. The van der Waals surface area contributed by atoms with Crippen LogP contribution < -0.4 is 5.73 Å². The highest BCUT2D eigenvalue weighted by Crippen LogP contribution is 2.17. The molecule has 0 aliphatic heterocycles. The van der Waals surface area contributed by atoms with Crippen molar-refractivity contribution in [3.63, 3.8) is 0 Å². The summed E-state index contributed by atoms with van der Waals surface area (Å²) in [5.74, 6) is 1.73. The summed E-state index contributed by atoms with van der Waals surface area (Å²) in [6.07, 6.45) is 0. The van der Waals surface area contributed by atoms with Gasteiger partial charge in [-0.25, -0.2) is 0 Å². The van der Waals surface area contributed by atoms with Crippen LogP contribution in [-0.4, -0.2) is 5.60 Å². The quantitative estimate of drug-likeness (QED) is 0.809. The third-order valence-corrected chi connectivity index (χ3v) is 1.94. The Morgan fingerprint density at radius 1 is 1.43 bits per heavy atom. The lowest BCUT2D eigenvalue weighted by Crippen LogP contribution is -2.18. The van der Waals surface area contributed by atoms with Crippen LogP contribution in [0, 0.1) is 6.92 Å². The van der Waals surface area contributed by atoms with E-state index in [1.807, 2.05) is 33.8 Å². The first kappa shape index (κ1) is 11.3. The molecule has 3 heteroatoms. The zero-order valence-corrected chi connectivity index (χ0v) is 9.39. The van der Waals surface area contributed by atoms with Crippen molar-refractivity contribution in [3.05, 3.63) is 23.2 Å². The number of hydrogen-bond donors (Lipinski definition) is 1. The summed E-state index contributed by atoms with van der Waals surface area (Å²) in [6.45, 7) is 9.00. The Balaban J connectivity index is 2.60. The fourth-order valence-corrected chi connectivity index (χ4v) is 1.15. The highest BCUT2D eigenvalue weighted by Gasteiger charge is 2.12. The Morgan fingerprint density at radius 3 is 2.50 bits per heavy atom. The molecule has 14 heavy (non-hydrogen) atoms. The maximum atomic E-state index is 5.59. The average molecular weight is 197 g/mol. The fraction of sp³-hybridized carbons (Fsp3) is 0.636.